The molecule has 9 heteroatoms. The molecule has 0 aromatic heterocycles. The Labute approximate surface area is 118 Å². The van der Waals surface area contributed by atoms with E-state index in [1.807, 2.05) is 0 Å². The zero-order valence-electron chi connectivity index (χ0n) is 10.9. The largest absolute Gasteiger partial charge is 0.491 e. The summed E-state index contributed by atoms with van der Waals surface area (Å²) in [5.41, 5.74) is 0.483. The highest BCUT2D eigenvalue weighted by molar-refractivity contribution is 7.89. The molecule has 0 fully saturated rings. The third kappa shape index (κ3) is 3.29. The first-order valence-corrected chi connectivity index (χ1v) is 9.22. The van der Waals surface area contributed by atoms with Crippen molar-refractivity contribution in [2.75, 3.05) is 12.4 Å². The van der Waals surface area contributed by atoms with Crippen molar-refractivity contribution in [3.05, 3.63) is 23.8 Å². The van der Waals surface area contributed by atoms with E-state index in [0.717, 1.165) is 0 Å². The van der Waals surface area contributed by atoms with Crippen LogP contribution in [0, 0.1) is 0 Å². The van der Waals surface area contributed by atoms with Crippen LogP contribution in [0.2, 0.25) is 0 Å². The molecule has 20 heavy (non-hydrogen) atoms. The van der Waals surface area contributed by atoms with E-state index in [0.29, 0.717) is 17.7 Å². The van der Waals surface area contributed by atoms with Gasteiger partial charge >= 0.3 is 0 Å². The summed E-state index contributed by atoms with van der Waals surface area (Å²) in [6.45, 7) is 1.89. The van der Waals surface area contributed by atoms with E-state index in [4.69, 9.17) is 9.88 Å². The summed E-state index contributed by atoms with van der Waals surface area (Å²) in [4.78, 5) is -0.0681. The summed E-state index contributed by atoms with van der Waals surface area (Å²) < 4.78 is 54.0. The summed E-state index contributed by atoms with van der Waals surface area (Å²) in [7, 11) is -7.25. The molecule has 0 radical (unpaired) electrons. The van der Waals surface area contributed by atoms with Gasteiger partial charge < -0.3 is 4.74 Å². The molecule has 1 aliphatic rings. The van der Waals surface area contributed by atoms with Crippen molar-refractivity contribution in [3.8, 4) is 5.75 Å². The minimum atomic E-state index is -3.83. The van der Waals surface area contributed by atoms with Crippen LogP contribution in [0.15, 0.2) is 23.1 Å². The Kier molecular flexibility index (Phi) is 4.05. The van der Waals surface area contributed by atoms with Gasteiger partial charge in [0, 0.05) is 5.56 Å². The molecule has 1 heterocycles. The number of hydrogen-bond acceptors (Lipinski definition) is 5. The predicted molar refractivity (Wildman–Crippen MR) is 73.3 cm³/mol. The molecular weight excluding hydrogens is 304 g/mol. The van der Waals surface area contributed by atoms with Crippen LogP contribution < -0.4 is 14.6 Å². The lowest BCUT2D eigenvalue weighted by Crippen LogP contribution is -2.31. The summed E-state index contributed by atoms with van der Waals surface area (Å²) in [5.74, 6) is 0.467. The summed E-state index contributed by atoms with van der Waals surface area (Å²) in [6, 6.07) is 3.56. The number of primary sulfonamides is 1. The van der Waals surface area contributed by atoms with Crippen molar-refractivity contribution in [1.82, 2.24) is 4.72 Å². The third-order valence-corrected chi connectivity index (χ3v) is 5.39. The molecule has 0 aliphatic carbocycles. The zero-order chi connectivity index (χ0) is 15.0. The van der Waals surface area contributed by atoms with E-state index in [1.54, 1.807) is 6.92 Å². The molecular formula is C11H16N2O5S2. The molecule has 1 unspecified atom stereocenters. The lowest BCUT2D eigenvalue weighted by Gasteiger charge is -2.12. The first-order valence-electron chi connectivity index (χ1n) is 6.02. The zero-order valence-corrected chi connectivity index (χ0v) is 12.5. The van der Waals surface area contributed by atoms with Gasteiger partial charge in [-0.15, -0.1) is 0 Å². The third-order valence-electron chi connectivity index (χ3n) is 2.89. The number of nitrogens with two attached hydrogens (primary N) is 1. The molecule has 7 nitrogen and oxygen atoms in total. The highest BCUT2D eigenvalue weighted by Crippen LogP contribution is 2.34. The first kappa shape index (κ1) is 15.2. The number of sulfonamides is 2. The Bertz CT molecular complexity index is 712. The number of nitrogens with one attached hydrogen (secondary N) is 1. The predicted octanol–water partition coefficient (Wildman–Crippen LogP) is 0.0969. The molecule has 1 atom stereocenters. The fourth-order valence-corrected chi connectivity index (χ4v) is 3.84. The normalized spacial score (nSPS) is 18.6. The van der Waals surface area contributed by atoms with Gasteiger partial charge in [0.2, 0.25) is 20.0 Å². The molecule has 0 saturated heterocycles. The van der Waals surface area contributed by atoms with Gasteiger partial charge in [-0.05, 0) is 24.6 Å². The van der Waals surface area contributed by atoms with Gasteiger partial charge in [0.25, 0.3) is 0 Å². The average molecular weight is 320 g/mol. The van der Waals surface area contributed by atoms with Gasteiger partial charge in [-0.2, -0.15) is 0 Å². The molecule has 2 rings (SSSR count). The Morgan fingerprint density at radius 1 is 1.35 bits per heavy atom. The molecule has 3 N–H and O–H groups in total. The SMILES string of the molecule is CCCS(=O)(=O)NC1COc2ccc(S(N)(=O)=O)cc21. The molecule has 0 spiro atoms. The van der Waals surface area contributed by atoms with E-state index in [9.17, 15) is 16.8 Å². The Hall–Kier alpha value is -1.16. The smallest absolute Gasteiger partial charge is 0.238 e. The second-order valence-corrected chi connectivity index (χ2v) is 7.98. The van der Waals surface area contributed by atoms with Gasteiger partial charge in [-0.25, -0.2) is 26.7 Å². The van der Waals surface area contributed by atoms with Crippen molar-refractivity contribution < 1.29 is 21.6 Å². The Morgan fingerprint density at radius 2 is 2.05 bits per heavy atom. The van der Waals surface area contributed by atoms with Gasteiger partial charge in [-0.1, -0.05) is 6.92 Å². The molecule has 0 amide bonds. The van der Waals surface area contributed by atoms with E-state index in [1.165, 1.54) is 18.2 Å². The Morgan fingerprint density at radius 3 is 2.65 bits per heavy atom. The van der Waals surface area contributed by atoms with Crippen LogP contribution in [0.25, 0.3) is 0 Å². The Balaban J connectivity index is 2.32. The standard InChI is InChI=1S/C11H16N2O5S2/c1-2-5-19(14,15)13-10-7-18-11-4-3-8(6-9(10)11)20(12,16)17/h3-4,6,10,13H,2,5,7H2,1H3,(H2,12,16,17). The van der Waals surface area contributed by atoms with Gasteiger partial charge in [0.1, 0.15) is 12.4 Å². The first-order chi connectivity index (χ1) is 9.23. The lowest BCUT2D eigenvalue weighted by molar-refractivity contribution is 0.325. The van der Waals surface area contributed by atoms with Crippen molar-refractivity contribution in [3.63, 3.8) is 0 Å². The van der Waals surface area contributed by atoms with Crippen LogP contribution >= 0.6 is 0 Å². The molecule has 1 aromatic carbocycles. The van der Waals surface area contributed by atoms with Crippen LogP contribution in [0.5, 0.6) is 5.75 Å². The van der Waals surface area contributed by atoms with Crippen molar-refractivity contribution in [1.29, 1.82) is 0 Å². The molecule has 0 bridgehead atoms. The van der Waals surface area contributed by atoms with Gasteiger partial charge in [0.05, 0.1) is 16.7 Å². The highest BCUT2D eigenvalue weighted by Gasteiger charge is 2.29. The van der Waals surface area contributed by atoms with Crippen molar-refractivity contribution >= 4 is 20.0 Å². The topological polar surface area (TPSA) is 116 Å². The van der Waals surface area contributed by atoms with Crippen LogP contribution in [0.1, 0.15) is 24.9 Å². The number of ether oxygens (including phenoxy) is 1. The second-order valence-electron chi connectivity index (χ2n) is 4.54. The molecule has 1 aliphatic heterocycles. The van der Waals surface area contributed by atoms with E-state index in [2.05, 4.69) is 4.72 Å². The fraction of sp³-hybridized carbons (Fsp3) is 0.455. The fourth-order valence-electron chi connectivity index (χ4n) is 2.01. The second kappa shape index (κ2) is 5.32. The molecule has 1 aromatic rings. The van der Waals surface area contributed by atoms with E-state index < -0.39 is 26.1 Å². The minimum Gasteiger partial charge on any atom is -0.491 e. The maximum Gasteiger partial charge on any atom is 0.238 e. The quantitative estimate of drug-likeness (QED) is 0.798. The maximum absolute atomic E-state index is 11.8. The summed E-state index contributed by atoms with van der Waals surface area (Å²) >= 11 is 0. The molecule has 0 saturated carbocycles. The van der Waals surface area contributed by atoms with E-state index >= 15 is 0 Å². The van der Waals surface area contributed by atoms with Crippen LogP contribution in [0.4, 0.5) is 0 Å². The number of rotatable bonds is 5. The summed E-state index contributed by atoms with van der Waals surface area (Å²) in [6.07, 6.45) is 0.493. The number of fused-ring (bicyclic) bond motifs is 1. The van der Waals surface area contributed by atoms with Crippen molar-refractivity contribution in [2.24, 2.45) is 5.14 Å². The van der Waals surface area contributed by atoms with E-state index in [-0.39, 0.29) is 17.3 Å². The highest BCUT2D eigenvalue weighted by atomic mass is 32.2. The lowest BCUT2D eigenvalue weighted by atomic mass is 10.1. The van der Waals surface area contributed by atoms with Crippen molar-refractivity contribution in [2.45, 2.75) is 24.3 Å². The molecule has 112 valence electrons. The number of hydrogen-bond donors (Lipinski definition) is 2. The maximum atomic E-state index is 11.8. The van der Waals surface area contributed by atoms with Crippen LogP contribution in [-0.2, 0) is 20.0 Å². The monoisotopic (exact) mass is 320 g/mol. The van der Waals surface area contributed by atoms with Gasteiger partial charge in [-0.3, -0.25) is 0 Å². The van der Waals surface area contributed by atoms with Gasteiger partial charge in [0.15, 0.2) is 0 Å². The number of benzene rings is 1. The van der Waals surface area contributed by atoms with Crippen LogP contribution in [-0.4, -0.2) is 29.2 Å². The summed E-state index contributed by atoms with van der Waals surface area (Å²) in [5, 5.41) is 5.06. The average Bonchev–Trinajstić information content (AvgIpc) is 2.70. The minimum absolute atomic E-state index is 0.00765. The van der Waals surface area contributed by atoms with Crippen LogP contribution in [0.3, 0.4) is 0 Å².